The molecule has 3 aliphatic rings. The highest BCUT2D eigenvalue weighted by Crippen LogP contribution is 2.34. The van der Waals surface area contributed by atoms with Gasteiger partial charge in [-0.15, -0.1) is 0 Å². The zero-order chi connectivity index (χ0) is 12.4. The number of hydrogen-bond donors (Lipinski definition) is 2. The minimum Gasteiger partial charge on any atom is -0.391 e. The van der Waals surface area contributed by atoms with Gasteiger partial charge >= 0.3 is 0 Å². The molecular formula is C15H28N2O. The van der Waals surface area contributed by atoms with E-state index in [9.17, 15) is 5.11 Å². The monoisotopic (exact) mass is 252 g/mol. The van der Waals surface area contributed by atoms with Gasteiger partial charge in [0, 0.05) is 24.7 Å². The van der Waals surface area contributed by atoms with Crippen molar-refractivity contribution in [1.29, 1.82) is 0 Å². The number of aliphatic hydroxyl groups is 1. The van der Waals surface area contributed by atoms with Gasteiger partial charge in [0.2, 0.25) is 0 Å². The highest BCUT2D eigenvalue weighted by molar-refractivity contribution is 4.94. The maximum atomic E-state index is 10.4. The molecular weight excluding hydrogens is 224 g/mol. The van der Waals surface area contributed by atoms with Gasteiger partial charge in [-0.3, -0.25) is 4.90 Å². The van der Waals surface area contributed by atoms with Gasteiger partial charge in [0.25, 0.3) is 0 Å². The molecule has 1 heterocycles. The molecule has 3 rings (SSSR count). The summed E-state index contributed by atoms with van der Waals surface area (Å²) in [7, 11) is 0. The van der Waals surface area contributed by atoms with Gasteiger partial charge in [0.1, 0.15) is 0 Å². The highest BCUT2D eigenvalue weighted by atomic mass is 16.3. The molecule has 3 atom stereocenters. The van der Waals surface area contributed by atoms with Crippen molar-refractivity contribution in [3.05, 3.63) is 0 Å². The van der Waals surface area contributed by atoms with Crippen LogP contribution in [-0.2, 0) is 0 Å². The van der Waals surface area contributed by atoms with Crippen LogP contribution in [0.25, 0.3) is 0 Å². The smallest absolute Gasteiger partial charge is 0.0695 e. The SMILES string of the molecule is OC1CCCCCC1N(CC1CCCN1)C1CC1. The van der Waals surface area contributed by atoms with Crippen molar-refractivity contribution >= 4 is 0 Å². The molecule has 2 aliphatic carbocycles. The Balaban J connectivity index is 1.63. The summed E-state index contributed by atoms with van der Waals surface area (Å²) in [5, 5.41) is 14.0. The second-order valence-corrected chi connectivity index (χ2v) is 6.49. The molecule has 3 fully saturated rings. The fourth-order valence-electron chi connectivity index (χ4n) is 3.78. The van der Waals surface area contributed by atoms with Crippen LogP contribution >= 0.6 is 0 Å². The summed E-state index contributed by atoms with van der Waals surface area (Å²) in [5.74, 6) is 0. The van der Waals surface area contributed by atoms with Crippen LogP contribution < -0.4 is 5.32 Å². The summed E-state index contributed by atoms with van der Waals surface area (Å²) < 4.78 is 0. The van der Waals surface area contributed by atoms with E-state index < -0.39 is 0 Å². The van der Waals surface area contributed by atoms with Gasteiger partial charge < -0.3 is 10.4 Å². The average molecular weight is 252 g/mol. The molecule has 2 saturated carbocycles. The Morgan fingerprint density at radius 1 is 0.944 bits per heavy atom. The Morgan fingerprint density at radius 2 is 1.78 bits per heavy atom. The molecule has 0 radical (unpaired) electrons. The number of rotatable bonds is 4. The molecule has 0 bridgehead atoms. The topological polar surface area (TPSA) is 35.5 Å². The zero-order valence-electron chi connectivity index (χ0n) is 11.5. The summed E-state index contributed by atoms with van der Waals surface area (Å²) in [5.41, 5.74) is 0. The quantitative estimate of drug-likeness (QED) is 0.750. The molecule has 18 heavy (non-hydrogen) atoms. The molecule has 3 heteroatoms. The predicted molar refractivity (Wildman–Crippen MR) is 73.6 cm³/mol. The van der Waals surface area contributed by atoms with Gasteiger partial charge in [-0.2, -0.15) is 0 Å². The first-order valence-electron chi connectivity index (χ1n) is 8.02. The lowest BCUT2D eigenvalue weighted by molar-refractivity contribution is 0.0349. The van der Waals surface area contributed by atoms with Gasteiger partial charge in [-0.05, 0) is 45.1 Å². The molecule has 3 unspecified atom stereocenters. The van der Waals surface area contributed by atoms with E-state index in [0.29, 0.717) is 12.1 Å². The summed E-state index contributed by atoms with van der Waals surface area (Å²) in [6.45, 7) is 2.36. The highest BCUT2D eigenvalue weighted by Gasteiger charge is 2.38. The van der Waals surface area contributed by atoms with E-state index in [0.717, 1.165) is 12.5 Å². The van der Waals surface area contributed by atoms with E-state index in [1.54, 1.807) is 0 Å². The molecule has 2 N–H and O–H groups in total. The predicted octanol–water partition coefficient (Wildman–Crippen LogP) is 1.90. The van der Waals surface area contributed by atoms with Crippen LogP contribution in [0.3, 0.4) is 0 Å². The van der Waals surface area contributed by atoms with Crippen LogP contribution in [0.1, 0.15) is 57.8 Å². The molecule has 0 amide bonds. The van der Waals surface area contributed by atoms with Crippen molar-refractivity contribution in [1.82, 2.24) is 10.2 Å². The van der Waals surface area contributed by atoms with Crippen molar-refractivity contribution < 1.29 is 5.11 Å². The molecule has 104 valence electrons. The van der Waals surface area contributed by atoms with E-state index in [1.165, 1.54) is 64.5 Å². The third-order valence-electron chi connectivity index (χ3n) is 4.98. The van der Waals surface area contributed by atoms with Crippen molar-refractivity contribution in [3.8, 4) is 0 Å². The van der Waals surface area contributed by atoms with Crippen molar-refractivity contribution in [2.24, 2.45) is 0 Å². The number of hydrogen-bond acceptors (Lipinski definition) is 3. The molecule has 0 spiro atoms. The van der Waals surface area contributed by atoms with Crippen LogP contribution in [0.5, 0.6) is 0 Å². The van der Waals surface area contributed by atoms with Crippen LogP contribution in [0.15, 0.2) is 0 Å². The van der Waals surface area contributed by atoms with E-state index in [-0.39, 0.29) is 6.10 Å². The van der Waals surface area contributed by atoms with Gasteiger partial charge in [-0.1, -0.05) is 19.3 Å². The van der Waals surface area contributed by atoms with Crippen molar-refractivity contribution in [2.45, 2.75) is 82.0 Å². The van der Waals surface area contributed by atoms with Crippen LogP contribution in [-0.4, -0.2) is 47.3 Å². The number of aliphatic hydroxyl groups excluding tert-OH is 1. The molecule has 1 saturated heterocycles. The van der Waals surface area contributed by atoms with Gasteiger partial charge in [-0.25, -0.2) is 0 Å². The standard InChI is InChI=1S/C15H28N2O/c18-15-7-3-1-2-6-14(15)17(13-8-9-13)11-12-5-4-10-16-12/h12-16,18H,1-11H2. The molecule has 0 aromatic rings. The molecule has 0 aromatic carbocycles. The van der Waals surface area contributed by atoms with E-state index in [1.807, 2.05) is 0 Å². The van der Waals surface area contributed by atoms with Gasteiger partial charge in [0.05, 0.1) is 6.10 Å². The van der Waals surface area contributed by atoms with Crippen molar-refractivity contribution in [3.63, 3.8) is 0 Å². The normalized spacial score (nSPS) is 38.0. The zero-order valence-corrected chi connectivity index (χ0v) is 11.5. The fourth-order valence-corrected chi connectivity index (χ4v) is 3.78. The average Bonchev–Trinajstić information content (AvgIpc) is 3.12. The first-order valence-corrected chi connectivity index (χ1v) is 8.02. The Bertz CT molecular complexity index is 261. The summed E-state index contributed by atoms with van der Waals surface area (Å²) in [6, 6.07) is 1.91. The number of nitrogens with zero attached hydrogens (tertiary/aromatic N) is 1. The molecule has 0 aromatic heterocycles. The Kier molecular flexibility index (Phi) is 4.22. The maximum absolute atomic E-state index is 10.4. The number of nitrogens with one attached hydrogen (secondary N) is 1. The van der Waals surface area contributed by atoms with Crippen molar-refractivity contribution in [2.75, 3.05) is 13.1 Å². The van der Waals surface area contributed by atoms with Crippen LogP contribution in [0.2, 0.25) is 0 Å². The minimum absolute atomic E-state index is 0.0745. The first-order chi connectivity index (χ1) is 8.84. The largest absolute Gasteiger partial charge is 0.391 e. The Hall–Kier alpha value is -0.120. The maximum Gasteiger partial charge on any atom is 0.0695 e. The lowest BCUT2D eigenvalue weighted by Gasteiger charge is -2.36. The summed E-state index contributed by atoms with van der Waals surface area (Å²) in [4.78, 5) is 2.67. The Labute approximate surface area is 111 Å². The second-order valence-electron chi connectivity index (χ2n) is 6.49. The first kappa shape index (κ1) is 12.9. The minimum atomic E-state index is -0.0745. The van der Waals surface area contributed by atoms with Crippen LogP contribution in [0.4, 0.5) is 0 Å². The lowest BCUT2D eigenvalue weighted by atomic mass is 10.0. The molecule has 1 aliphatic heterocycles. The van der Waals surface area contributed by atoms with E-state index in [2.05, 4.69) is 10.2 Å². The summed E-state index contributed by atoms with van der Waals surface area (Å²) >= 11 is 0. The third-order valence-corrected chi connectivity index (χ3v) is 4.98. The second kappa shape index (κ2) is 5.89. The van der Waals surface area contributed by atoms with E-state index in [4.69, 9.17) is 0 Å². The third kappa shape index (κ3) is 3.06. The Morgan fingerprint density at radius 3 is 2.50 bits per heavy atom. The molecule has 3 nitrogen and oxygen atoms in total. The summed E-state index contributed by atoms with van der Waals surface area (Å²) in [6.07, 6.45) is 11.4. The fraction of sp³-hybridized carbons (Fsp3) is 1.00. The van der Waals surface area contributed by atoms with E-state index >= 15 is 0 Å². The van der Waals surface area contributed by atoms with Crippen LogP contribution in [0, 0.1) is 0 Å². The van der Waals surface area contributed by atoms with Gasteiger partial charge in [0.15, 0.2) is 0 Å². The lowest BCUT2D eigenvalue weighted by Crippen LogP contribution is -2.49.